The summed E-state index contributed by atoms with van der Waals surface area (Å²) in [5, 5.41) is 0. The van der Waals surface area contributed by atoms with Crippen LogP contribution in [0.4, 0.5) is 0 Å². The molecule has 0 aromatic heterocycles. The highest BCUT2D eigenvalue weighted by Crippen LogP contribution is 2.38. The Kier molecular flexibility index (Phi) is 4.84. The van der Waals surface area contributed by atoms with Crippen LogP contribution in [0.15, 0.2) is 30.3 Å². The Hall–Kier alpha value is -3.02. The first kappa shape index (κ1) is 17.8. The van der Waals surface area contributed by atoms with E-state index in [1.165, 1.54) is 14.2 Å². The normalized spacial score (nSPS) is 13.5. The summed E-state index contributed by atoms with van der Waals surface area (Å²) in [6, 6.07) is 8.51. The number of benzene rings is 2. The van der Waals surface area contributed by atoms with Gasteiger partial charge in [0.25, 0.3) is 0 Å². The fourth-order valence-corrected chi connectivity index (χ4v) is 3.21. The summed E-state index contributed by atoms with van der Waals surface area (Å²) >= 11 is 0. The van der Waals surface area contributed by atoms with E-state index in [0.717, 1.165) is 5.56 Å². The van der Waals surface area contributed by atoms with E-state index in [1.807, 2.05) is 6.07 Å². The number of ether oxygens (including phenoxy) is 4. The molecule has 2 aromatic rings. The van der Waals surface area contributed by atoms with Crippen molar-refractivity contribution < 1.29 is 28.5 Å². The van der Waals surface area contributed by atoms with Crippen molar-refractivity contribution in [1.29, 1.82) is 0 Å². The molecule has 3 rings (SSSR count). The van der Waals surface area contributed by atoms with Gasteiger partial charge in [-0.3, -0.25) is 9.59 Å². The summed E-state index contributed by atoms with van der Waals surface area (Å²) < 4.78 is 21.0. The molecule has 1 aliphatic rings. The smallest absolute Gasteiger partial charge is 0.174 e. The maximum atomic E-state index is 12.8. The van der Waals surface area contributed by atoms with E-state index in [9.17, 15) is 9.59 Å². The largest absolute Gasteiger partial charge is 0.493 e. The van der Waals surface area contributed by atoms with E-state index in [4.69, 9.17) is 18.9 Å². The molecular formula is C20H20O6. The van der Waals surface area contributed by atoms with E-state index in [0.29, 0.717) is 34.1 Å². The van der Waals surface area contributed by atoms with Crippen molar-refractivity contribution in [2.75, 3.05) is 28.4 Å². The zero-order valence-electron chi connectivity index (χ0n) is 15.1. The van der Waals surface area contributed by atoms with Crippen molar-refractivity contribution in [3.63, 3.8) is 0 Å². The Labute approximate surface area is 151 Å². The number of fused-ring (bicyclic) bond motifs is 1. The molecule has 0 fully saturated rings. The molecule has 1 aliphatic carbocycles. The van der Waals surface area contributed by atoms with Gasteiger partial charge in [0.1, 0.15) is 0 Å². The first-order valence-electron chi connectivity index (χ1n) is 8.09. The third-order valence-corrected chi connectivity index (χ3v) is 4.58. The summed E-state index contributed by atoms with van der Waals surface area (Å²) in [6.07, 6.45) is 0.289. The molecule has 0 bridgehead atoms. The number of hydrogen-bond acceptors (Lipinski definition) is 6. The van der Waals surface area contributed by atoms with E-state index in [2.05, 4.69) is 0 Å². The van der Waals surface area contributed by atoms with E-state index < -0.39 is 5.92 Å². The van der Waals surface area contributed by atoms with Gasteiger partial charge in [-0.1, -0.05) is 6.07 Å². The molecule has 0 saturated heterocycles. The van der Waals surface area contributed by atoms with Gasteiger partial charge in [0.2, 0.25) is 0 Å². The highest BCUT2D eigenvalue weighted by atomic mass is 16.5. The number of carbonyl (C=O) groups excluding carboxylic acids is 2. The van der Waals surface area contributed by atoms with Gasteiger partial charge < -0.3 is 18.9 Å². The summed E-state index contributed by atoms with van der Waals surface area (Å²) in [7, 11) is 6.08. The lowest BCUT2D eigenvalue weighted by Gasteiger charge is -2.11. The lowest BCUT2D eigenvalue weighted by atomic mass is 9.94. The number of Topliss-reactive ketones (excluding diaryl/α,β-unsaturated/α-hetero) is 2. The standard InChI is InChI=1S/C20H20O6/c1-23-15-6-5-11(8-16(15)24-2)7-14-19(21)12-9-17(25-3)18(26-4)10-13(12)20(14)22/h5-6,8-10,14H,7H2,1-4H3. The molecule has 0 N–H and O–H groups in total. The first-order valence-corrected chi connectivity index (χ1v) is 8.09. The molecule has 6 heteroatoms. The van der Waals surface area contributed by atoms with Crippen LogP contribution in [0.3, 0.4) is 0 Å². The number of rotatable bonds is 6. The maximum Gasteiger partial charge on any atom is 0.174 e. The van der Waals surface area contributed by atoms with Crippen LogP contribution in [0.5, 0.6) is 23.0 Å². The van der Waals surface area contributed by atoms with Gasteiger partial charge in [-0.15, -0.1) is 0 Å². The second kappa shape index (κ2) is 7.07. The summed E-state index contributed by atoms with van der Waals surface area (Å²) in [5.41, 5.74) is 1.57. The van der Waals surface area contributed by atoms with Gasteiger partial charge in [-0.25, -0.2) is 0 Å². The van der Waals surface area contributed by atoms with Crippen molar-refractivity contribution in [2.24, 2.45) is 5.92 Å². The molecule has 2 aromatic carbocycles. The van der Waals surface area contributed by atoms with Crippen molar-refractivity contribution in [3.05, 3.63) is 47.0 Å². The molecule has 0 amide bonds. The quantitative estimate of drug-likeness (QED) is 0.741. The highest BCUT2D eigenvalue weighted by molar-refractivity contribution is 6.26. The highest BCUT2D eigenvalue weighted by Gasteiger charge is 2.39. The number of carbonyl (C=O) groups is 2. The molecule has 0 spiro atoms. The number of methoxy groups -OCH3 is 4. The lowest BCUT2D eigenvalue weighted by molar-refractivity contribution is 0.0838. The molecule has 0 aliphatic heterocycles. The predicted octanol–water partition coefficient (Wildman–Crippen LogP) is 2.96. The van der Waals surface area contributed by atoms with Crippen LogP contribution >= 0.6 is 0 Å². The van der Waals surface area contributed by atoms with E-state index >= 15 is 0 Å². The fraction of sp³-hybridized carbons (Fsp3) is 0.300. The second-order valence-corrected chi connectivity index (χ2v) is 5.93. The molecule has 136 valence electrons. The van der Waals surface area contributed by atoms with Crippen molar-refractivity contribution in [3.8, 4) is 23.0 Å². The lowest BCUT2D eigenvalue weighted by Crippen LogP contribution is -2.18. The Balaban J connectivity index is 1.93. The van der Waals surface area contributed by atoms with Crippen LogP contribution in [0.1, 0.15) is 26.3 Å². The molecule has 0 heterocycles. The van der Waals surface area contributed by atoms with Gasteiger partial charge in [0.15, 0.2) is 34.6 Å². The van der Waals surface area contributed by atoms with Crippen LogP contribution in [-0.4, -0.2) is 40.0 Å². The number of hydrogen-bond donors (Lipinski definition) is 0. The minimum Gasteiger partial charge on any atom is -0.493 e. The van der Waals surface area contributed by atoms with Crippen LogP contribution in [-0.2, 0) is 6.42 Å². The zero-order chi connectivity index (χ0) is 18.8. The Morgan fingerprint density at radius 1 is 0.692 bits per heavy atom. The molecule has 0 radical (unpaired) electrons. The van der Waals surface area contributed by atoms with Gasteiger partial charge >= 0.3 is 0 Å². The van der Waals surface area contributed by atoms with Crippen LogP contribution in [0, 0.1) is 5.92 Å². The third-order valence-electron chi connectivity index (χ3n) is 4.58. The third kappa shape index (κ3) is 2.87. The molecule has 6 nitrogen and oxygen atoms in total. The van der Waals surface area contributed by atoms with Crippen LogP contribution in [0.25, 0.3) is 0 Å². The summed E-state index contributed by atoms with van der Waals surface area (Å²) in [4.78, 5) is 25.6. The molecule has 0 saturated carbocycles. The molecule has 0 unspecified atom stereocenters. The summed E-state index contributed by atoms with van der Waals surface area (Å²) in [5.74, 6) is 0.835. The SMILES string of the molecule is COc1ccc(CC2C(=O)c3cc(OC)c(OC)cc3C2=O)cc1OC. The average molecular weight is 356 g/mol. The monoisotopic (exact) mass is 356 g/mol. The van der Waals surface area contributed by atoms with Gasteiger partial charge in [0, 0.05) is 11.1 Å². The minimum absolute atomic E-state index is 0.208. The van der Waals surface area contributed by atoms with Crippen molar-refractivity contribution in [2.45, 2.75) is 6.42 Å². The second-order valence-electron chi connectivity index (χ2n) is 5.93. The topological polar surface area (TPSA) is 71.1 Å². The molecule has 26 heavy (non-hydrogen) atoms. The van der Waals surface area contributed by atoms with Crippen molar-refractivity contribution >= 4 is 11.6 Å². The maximum absolute atomic E-state index is 12.8. The van der Waals surface area contributed by atoms with E-state index in [1.54, 1.807) is 38.5 Å². The van der Waals surface area contributed by atoms with Crippen LogP contribution < -0.4 is 18.9 Å². The Morgan fingerprint density at radius 3 is 1.62 bits per heavy atom. The van der Waals surface area contributed by atoms with Crippen LogP contribution in [0.2, 0.25) is 0 Å². The fourth-order valence-electron chi connectivity index (χ4n) is 3.21. The number of ketones is 2. The van der Waals surface area contributed by atoms with Gasteiger partial charge in [-0.05, 0) is 36.2 Å². The first-order chi connectivity index (χ1) is 12.5. The molecular weight excluding hydrogens is 336 g/mol. The van der Waals surface area contributed by atoms with Crippen molar-refractivity contribution in [1.82, 2.24) is 0 Å². The Bertz CT molecular complexity index is 828. The summed E-state index contributed by atoms with van der Waals surface area (Å²) in [6.45, 7) is 0. The predicted molar refractivity (Wildman–Crippen MR) is 94.9 cm³/mol. The van der Waals surface area contributed by atoms with E-state index in [-0.39, 0.29) is 18.0 Å². The average Bonchev–Trinajstić information content (AvgIpc) is 2.90. The minimum atomic E-state index is -0.764. The zero-order valence-corrected chi connectivity index (χ0v) is 15.1. The van der Waals surface area contributed by atoms with Gasteiger partial charge in [0.05, 0.1) is 34.4 Å². The Morgan fingerprint density at radius 2 is 1.15 bits per heavy atom. The molecule has 0 atom stereocenters. The van der Waals surface area contributed by atoms with Gasteiger partial charge in [-0.2, -0.15) is 0 Å².